The second-order valence-corrected chi connectivity index (χ2v) is 9.40. The highest BCUT2D eigenvalue weighted by Crippen LogP contribution is 2.39. The van der Waals surface area contributed by atoms with E-state index in [9.17, 15) is 35.5 Å². The van der Waals surface area contributed by atoms with Crippen LogP contribution in [0.3, 0.4) is 0 Å². The molecule has 45 heavy (non-hydrogen) atoms. The minimum atomic E-state index is -4.87. The van der Waals surface area contributed by atoms with Gasteiger partial charge in [-0.2, -0.15) is 8.78 Å². The number of benzene rings is 4. The summed E-state index contributed by atoms with van der Waals surface area (Å²) in [5, 5.41) is 0. The van der Waals surface area contributed by atoms with Gasteiger partial charge >= 0.3 is 12.1 Å². The van der Waals surface area contributed by atoms with Crippen LogP contribution >= 0.6 is 0 Å². The maximum atomic E-state index is 15.1. The fraction of sp³-hybridized carbons (Fsp3) is 0.156. The fourth-order valence-electron chi connectivity index (χ4n) is 4.17. The van der Waals surface area contributed by atoms with Gasteiger partial charge in [0.2, 0.25) is 0 Å². The minimum Gasteiger partial charge on any atom is -0.494 e. The molecule has 4 aromatic rings. The molecule has 0 radical (unpaired) electrons. The Morgan fingerprint density at radius 1 is 0.667 bits per heavy atom. The molecule has 0 atom stereocenters. The SMILES string of the molecule is C=CC(=O)OCCCCOc1ccc(-c2cc(F)c(-c3cc(F)c(C(F)(F)Oc4cc(F)c(F)c(F)c4)c(F)c3)c(F)c2)cc1. The summed E-state index contributed by atoms with van der Waals surface area (Å²) in [7, 11) is 0. The lowest BCUT2D eigenvalue weighted by atomic mass is 9.97. The zero-order valence-corrected chi connectivity index (χ0v) is 22.9. The van der Waals surface area contributed by atoms with Crippen molar-refractivity contribution in [2.45, 2.75) is 19.0 Å². The molecule has 4 aromatic carbocycles. The Morgan fingerprint density at radius 2 is 1.20 bits per heavy atom. The highest BCUT2D eigenvalue weighted by atomic mass is 19.3. The minimum absolute atomic E-state index is 0.0398. The number of hydrogen-bond donors (Lipinski definition) is 0. The molecule has 0 N–H and O–H groups in total. The maximum absolute atomic E-state index is 15.1. The van der Waals surface area contributed by atoms with Crippen LogP contribution in [0.4, 0.5) is 39.5 Å². The third-order valence-electron chi connectivity index (χ3n) is 6.27. The Balaban J connectivity index is 1.49. The molecule has 0 aliphatic carbocycles. The molecule has 0 aliphatic rings. The number of carbonyl (C=O) groups is 1. The molecule has 0 amide bonds. The molecule has 0 spiro atoms. The van der Waals surface area contributed by atoms with Gasteiger partial charge in [-0.3, -0.25) is 0 Å². The summed E-state index contributed by atoms with van der Waals surface area (Å²) in [5.41, 5.74) is -3.32. The normalized spacial score (nSPS) is 11.3. The summed E-state index contributed by atoms with van der Waals surface area (Å²) in [4.78, 5) is 11.0. The third kappa shape index (κ3) is 7.78. The average Bonchev–Trinajstić information content (AvgIpc) is 2.96. The molecule has 0 aliphatic heterocycles. The number of ether oxygens (including phenoxy) is 3. The summed E-state index contributed by atoms with van der Waals surface area (Å²) in [6, 6.07) is 8.38. The van der Waals surface area contributed by atoms with Crippen molar-refractivity contribution in [3.8, 4) is 33.8 Å². The summed E-state index contributed by atoms with van der Waals surface area (Å²) in [5.74, 6) is -13.7. The molecule has 0 saturated carbocycles. The van der Waals surface area contributed by atoms with Crippen LogP contribution in [0.25, 0.3) is 22.3 Å². The maximum Gasteiger partial charge on any atom is 0.432 e. The zero-order valence-electron chi connectivity index (χ0n) is 22.9. The van der Waals surface area contributed by atoms with Gasteiger partial charge in [-0.1, -0.05) is 18.7 Å². The molecule has 4 nitrogen and oxygen atoms in total. The van der Waals surface area contributed by atoms with Crippen LogP contribution in [0.1, 0.15) is 18.4 Å². The smallest absolute Gasteiger partial charge is 0.432 e. The lowest BCUT2D eigenvalue weighted by Crippen LogP contribution is -2.25. The van der Waals surface area contributed by atoms with Crippen LogP contribution in [0, 0.1) is 40.7 Å². The lowest BCUT2D eigenvalue weighted by molar-refractivity contribution is -0.189. The van der Waals surface area contributed by atoms with Gasteiger partial charge in [-0.15, -0.1) is 0 Å². The molecule has 13 heteroatoms. The fourth-order valence-corrected chi connectivity index (χ4v) is 4.17. The van der Waals surface area contributed by atoms with Crippen LogP contribution in [0.5, 0.6) is 11.5 Å². The van der Waals surface area contributed by atoms with E-state index < -0.39 is 75.2 Å². The molecule has 0 heterocycles. The van der Waals surface area contributed by atoms with Crippen LogP contribution in [0.2, 0.25) is 0 Å². The van der Waals surface area contributed by atoms with Crippen LogP contribution < -0.4 is 9.47 Å². The summed E-state index contributed by atoms with van der Waals surface area (Å²) >= 11 is 0. The number of carbonyl (C=O) groups excluding carboxylic acids is 1. The molecule has 4 rings (SSSR count). The molecule has 0 unspecified atom stereocenters. The molecule has 0 aromatic heterocycles. The lowest BCUT2D eigenvalue weighted by Gasteiger charge is -2.20. The van der Waals surface area contributed by atoms with E-state index in [0.717, 1.165) is 18.2 Å². The standard InChI is InChI=1S/C32H21F9O4/c1-2-28(42)44-10-4-3-9-43-20-7-5-17(6-8-20)18-11-22(33)29(23(34)12-18)19-13-24(35)30(25(36)14-19)32(40,41)45-21-15-26(37)31(39)27(38)16-21/h2,5-8,11-16H,1,3-4,9-10H2. The Morgan fingerprint density at radius 3 is 1.76 bits per heavy atom. The predicted octanol–water partition coefficient (Wildman–Crippen LogP) is 9.01. The van der Waals surface area contributed by atoms with E-state index in [1.807, 2.05) is 0 Å². The first-order valence-electron chi connectivity index (χ1n) is 13.0. The highest BCUT2D eigenvalue weighted by Gasteiger charge is 2.42. The van der Waals surface area contributed by atoms with Crippen LogP contribution in [-0.2, 0) is 15.6 Å². The number of unbranched alkanes of at least 4 members (excludes halogenated alkanes) is 1. The number of esters is 1. The zero-order chi connectivity index (χ0) is 32.9. The molecular formula is C32H21F9O4. The molecule has 0 fully saturated rings. The quantitative estimate of drug-likeness (QED) is 0.0510. The Hall–Kier alpha value is -4.94. The number of halogens is 9. The van der Waals surface area contributed by atoms with E-state index in [1.54, 1.807) is 0 Å². The molecule has 236 valence electrons. The Kier molecular flexibility index (Phi) is 10.1. The number of rotatable bonds is 12. The van der Waals surface area contributed by atoms with Crippen molar-refractivity contribution < 1.29 is 58.5 Å². The first-order valence-corrected chi connectivity index (χ1v) is 13.0. The second-order valence-electron chi connectivity index (χ2n) is 9.40. The second kappa shape index (κ2) is 13.8. The van der Waals surface area contributed by atoms with Crippen LogP contribution in [-0.4, -0.2) is 19.2 Å². The highest BCUT2D eigenvalue weighted by molar-refractivity contribution is 5.81. The van der Waals surface area contributed by atoms with Crippen molar-refractivity contribution in [2.75, 3.05) is 13.2 Å². The van der Waals surface area contributed by atoms with Crippen molar-refractivity contribution >= 4 is 5.97 Å². The van der Waals surface area contributed by atoms with E-state index in [-0.39, 0.29) is 36.4 Å². The summed E-state index contributed by atoms with van der Waals surface area (Å²) in [6.45, 7) is 3.79. The monoisotopic (exact) mass is 640 g/mol. The van der Waals surface area contributed by atoms with Crippen LogP contribution in [0.15, 0.2) is 73.3 Å². The van der Waals surface area contributed by atoms with Crippen molar-refractivity contribution in [3.05, 3.63) is 120 Å². The number of alkyl halides is 2. The van der Waals surface area contributed by atoms with E-state index >= 15 is 8.78 Å². The van der Waals surface area contributed by atoms with Gasteiger partial charge in [0.25, 0.3) is 0 Å². The Labute approximate surface area is 250 Å². The van der Waals surface area contributed by atoms with Gasteiger partial charge in [0, 0.05) is 18.2 Å². The number of hydrogen-bond acceptors (Lipinski definition) is 4. The van der Waals surface area contributed by atoms with Crippen molar-refractivity contribution in [1.29, 1.82) is 0 Å². The van der Waals surface area contributed by atoms with Gasteiger partial charge in [0.05, 0.1) is 18.8 Å². The average molecular weight is 640 g/mol. The van der Waals surface area contributed by atoms with Gasteiger partial charge in [-0.25, -0.2) is 35.5 Å². The van der Waals surface area contributed by atoms with E-state index in [4.69, 9.17) is 9.47 Å². The van der Waals surface area contributed by atoms with Gasteiger partial charge < -0.3 is 14.2 Å². The summed E-state index contributed by atoms with van der Waals surface area (Å²) in [6.07, 6.45) is -2.70. The van der Waals surface area contributed by atoms with Gasteiger partial charge in [-0.05, 0) is 65.9 Å². The Bertz CT molecular complexity index is 1650. The van der Waals surface area contributed by atoms with Gasteiger partial charge in [0.1, 0.15) is 40.3 Å². The molecule has 0 saturated heterocycles. The van der Waals surface area contributed by atoms with Crippen molar-refractivity contribution in [3.63, 3.8) is 0 Å². The summed E-state index contributed by atoms with van der Waals surface area (Å²) < 4.78 is 143. The van der Waals surface area contributed by atoms with E-state index in [1.165, 1.54) is 24.3 Å². The molecule has 0 bridgehead atoms. The van der Waals surface area contributed by atoms with Crippen molar-refractivity contribution in [2.24, 2.45) is 0 Å². The predicted molar refractivity (Wildman–Crippen MR) is 144 cm³/mol. The van der Waals surface area contributed by atoms with E-state index in [0.29, 0.717) is 30.8 Å². The first kappa shape index (κ1) is 33.0. The van der Waals surface area contributed by atoms with Gasteiger partial charge in [0.15, 0.2) is 17.5 Å². The van der Waals surface area contributed by atoms with E-state index in [2.05, 4.69) is 11.3 Å². The first-order chi connectivity index (χ1) is 21.3. The third-order valence-corrected chi connectivity index (χ3v) is 6.27. The topological polar surface area (TPSA) is 44.8 Å². The molecular weight excluding hydrogens is 619 g/mol. The van der Waals surface area contributed by atoms with Crippen molar-refractivity contribution in [1.82, 2.24) is 0 Å². The largest absolute Gasteiger partial charge is 0.494 e.